The van der Waals surface area contributed by atoms with Crippen molar-refractivity contribution in [3.63, 3.8) is 0 Å². The summed E-state index contributed by atoms with van der Waals surface area (Å²) in [6.45, 7) is 0.445. The fraction of sp³-hybridized carbons (Fsp3) is 0.0909. The van der Waals surface area contributed by atoms with E-state index < -0.39 is 0 Å². The summed E-state index contributed by atoms with van der Waals surface area (Å²) in [5.74, 6) is 0.252. The third kappa shape index (κ3) is 3.77. The van der Waals surface area contributed by atoms with E-state index in [4.69, 9.17) is 4.74 Å². The number of carbonyl (C=O) groups excluding carboxylic acids is 2. The van der Waals surface area contributed by atoms with Crippen molar-refractivity contribution >= 4 is 39.1 Å². The first-order valence-corrected chi connectivity index (χ1v) is 9.58. The summed E-state index contributed by atoms with van der Waals surface area (Å²) in [7, 11) is 0. The number of hydrogen-bond donors (Lipinski definition) is 1. The lowest BCUT2D eigenvalue weighted by Gasteiger charge is -2.29. The quantitative estimate of drug-likeness (QED) is 0.648. The van der Waals surface area contributed by atoms with Crippen molar-refractivity contribution in [2.75, 3.05) is 16.8 Å². The van der Waals surface area contributed by atoms with Gasteiger partial charge in [0.2, 0.25) is 0 Å². The number of rotatable bonds is 4. The Morgan fingerprint density at radius 1 is 1.04 bits per heavy atom. The molecule has 0 aromatic heterocycles. The van der Waals surface area contributed by atoms with Crippen LogP contribution in [-0.4, -0.2) is 18.4 Å². The molecule has 1 heterocycles. The Balaban J connectivity index is 1.57. The molecular formula is C22H17BrN2O3. The molecule has 28 heavy (non-hydrogen) atoms. The molecule has 0 saturated heterocycles. The van der Waals surface area contributed by atoms with Gasteiger partial charge in [-0.15, -0.1) is 0 Å². The number of amides is 2. The van der Waals surface area contributed by atoms with Crippen LogP contribution >= 0.6 is 15.9 Å². The van der Waals surface area contributed by atoms with Crippen LogP contribution in [0, 0.1) is 0 Å². The van der Waals surface area contributed by atoms with E-state index in [1.54, 1.807) is 29.2 Å². The molecule has 2 amide bonds. The predicted octanol–water partition coefficient (Wildman–Crippen LogP) is 4.63. The normalized spacial score (nSPS) is 12.9. The van der Waals surface area contributed by atoms with Gasteiger partial charge in [0.25, 0.3) is 11.8 Å². The fourth-order valence-corrected chi connectivity index (χ4v) is 3.53. The first kappa shape index (κ1) is 18.3. The summed E-state index contributed by atoms with van der Waals surface area (Å²) in [5, 5.41) is 2.87. The van der Waals surface area contributed by atoms with Crippen molar-refractivity contribution in [2.24, 2.45) is 0 Å². The van der Waals surface area contributed by atoms with E-state index in [-0.39, 0.29) is 18.4 Å². The van der Waals surface area contributed by atoms with Crippen LogP contribution in [0.2, 0.25) is 0 Å². The van der Waals surface area contributed by atoms with E-state index in [0.29, 0.717) is 29.2 Å². The molecule has 1 aliphatic heterocycles. The number of fused-ring (bicyclic) bond motifs is 1. The van der Waals surface area contributed by atoms with E-state index in [1.807, 2.05) is 48.5 Å². The number of hydrogen-bond acceptors (Lipinski definition) is 3. The summed E-state index contributed by atoms with van der Waals surface area (Å²) in [4.78, 5) is 26.6. The van der Waals surface area contributed by atoms with Gasteiger partial charge in [0, 0.05) is 16.2 Å². The van der Waals surface area contributed by atoms with Crippen molar-refractivity contribution in [3.8, 4) is 5.75 Å². The van der Waals surface area contributed by atoms with Crippen molar-refractivity contribution < 1.29 is 14.3 Å². The molecule has 0 bridgehead atoms. The molecule has 0 fully saturated rings. The van der Waals surface area contributed by atoms with E-state index in [2.05, 4.69) is 21.2 Å². The molecule has 0 radical (unpaired) electrons. The van der Waals surface area contributed by atoms with Crippen LogP contribution in [0.3, 0.4) is 0 Å². The first-order valence-electron chi connectivity index (χ1n) is 8.79. The number of nitrogens with one attached hydrogen (secondary N) is 1. The minimum absolute atomic E-state index is 0.0263. The van der Waals surface area contributed by atoms with E-state index >= 15 is 0 Å². The predicted molar refractivity (Wildman–Crippen MR) is 112 cm³/mol. The third-order valence-electron chi connectivity index (χ3n) is 4.46. The Kier molecular flexibility index (Phi) is 5.12. The van der Waals surface area contributed by atoms with Gasteiger partial charge in [-0.05, 0) is 45.8 Å². The van der Waals surface area contributed by atoms with Gasteiger partial charge in [-0.3, -0.25) is 9.59 Å². The highest BCUT2D eigenvalue weighted by Gasteiger charge is 2.26. The smallest absolute Gasteiger partial charge is 0.265 e. The molecule has 5 nitrogen and oxygen atoms in total. The number of carbonyl (C=O) groups is 2. The van der Waals surface area contributed by atoms with Gasteiger partial charge >= 0.3 is 0 Å². The number of benzene rings is 3. The molecule has 1 aliphatic rings. The summed E-state index contributed by atoms with van der Waals surface area (Å²) in [5.41, 5.74) is 2.88. The maximum Gasteiger partial charge on any atom is 0.265 e. The molecule has 1 N–H and O–H groups in total. The number of halogens is 1. The first-order chi connectivity index (χ1) is 13.6. The van der Waals surface area contributed by atoms with Gasteiger partial charge < -0.3 is 15.0 Å². The third-order valence-corrected chi connectivity index (χ3v) is 5.15. The summed E-state index contributed by atoms with van der Waals surface area (Å²) < 4.78 is 6.33. The second-order valence-corrected chi connectivity index (χ2v) is 7.22. The van der Waals surface area contributed by atoms with Crippen molar-refractivity contribution in [1.82, 2.24) is 0 Å². The Hall–Kier alpha value is -3.12. The van der Waals surface area contributed by atoms with E-state index in [0.717, 1.165) is 10.0 Å². The van der Waals surface area contributed by atoms with Gasteiger partial charge in [0.1, 0.15) is 5.75 Å². The van der Waals surface area contributed by atoms with Gasteiger partial charge in [-0.1, -0.05) is 42.5 Å². The van der Waals surface area contributed by atoms with Gasteiger partial charge in [0.05, 0.1) is 17.8 Å². The summed E-state index contributed by atoms with van der Waals surface area (Å²) in [6, 6.07) is 22.3. The molecule has 4 rings (SSSR count). The van der Waals surface area contributed by atoms with Crippen LogP contribution in [-0.2, 0) is 11.3 Å². The molecule has 6 heteroatoms. The van der Waals surface area contributed by atoms with Crippen LogP contribution < -0.4 is 15.0 Å². The maximum absolute atomic E-state index is 12.5. The van der Waals surface area contributed by atoms with Crippen molar-refractivity contribution in [2.45, 2.75) is 6.54 Å². The number of nitrogens with zero attached hydrogens (tertiary/aromatic N) is 1. The molecule has 3 aromatic rings. The highest BCUT2D eigenvalue weighted by Crippen LogP contribution is 2.35. The standard InChI is InChI=1S/C22H17BrN2O3/c23-18-9-5-4-8-17(18)22(27)24-16-10-11-19-20(12-16)28-14-21(26)25(19)13-15-6-2-1-3-7-15/h1-12H,13-14H2,(H,24,27). The van der Waals surface area contributed by atoms with Crippen LogP contribution in [0.1, 0.15) is 15.9 Å². The summed E-state index contributed by atoms with van der Waals surface area (Å²) in [6.07, 6.45) is 0. The highest BCUT2D eigenvalue weighted by atomic mass is 79.9. The Morgan fingerprint density at radius 2 is 1.79 bits per heavy atom. The Morgan fingerprint density at radius 3 is 2.57 bits per heavy atom. The lowest BCUT2D eigenvalue weighted by atomic mass is 10.1. The molecule has 3 aromatic carbocycles. The Labute approximate surface area is 171 Å². The molecule has 0 unspecified atom stereocenters. The molecule has 140 valence electrons. The largest absolute Gasteiger partial charge is 0.481 e. The molecule has 0 atom stereocenters. The maximum atomic E-state index is 12.5. The summed E-state index contributed by atoms with van der Waals surface area (Å²) >= 11 is 3.39. The minimum atomic E-state index is -0.222. The highest BCUT2D eigenvalue weighted by molar-refractivity contribution is 9.10. The molecule has 0 aliphatic carbocycles. The zero-order chi connectivity index (χ0) is 19.5. The number of anilines is 2. The topological polar surface area (TPSA) is 58.6 Å². The van der Waals surface area contributed by atoms with Crippen LogP contribution in [0.25, 0.3) is 0 Å². The van der Waals surface area contributed by atoms with Gasteiger partial charge in [-0.2, -0.15) is 0 Å². The average Bonchev–Trinajstić information content (AvgIpc) is 2.71. The van der Waals surface area contributed by atoms with Crippen LogP contribution in [0.4, 0.5) is 11.4 Å². The Bertz CT molecular complexity index is 1040. The lowest BCUT2D eigenvalue weighted by molar-refractivity contribution is -0.121. The second kappa shape index (κ2) is 7.86. The molecule has 0 saturated carbocycles. The monoisotopic (exact) mass is 436 g/mol. The van der Waals surface area contributed by atoms with Crippen molar-refractivity contribution in [3.05, 3.63) is 88.4 Å². The molecule has 0 spiro atoms. The molecular weight excluding hydrogens is 420 g/mol. The van der Waals surface area contributed by atoms with E-state index in [9.17, 15) is 9.59 Å². The lowest BCUT2D eigenvalue weighted by Crippen LogP contribution is -2.38. The van der Waals surface area contributed by atoms with E-state index in [1.165, 1.54) is 0 Å². The zero-order valence-corrected chi connectivity index (χ0v) is 16.5. The van der Waals surface area contributed by atoms with Gasteiger partial charge in [0.15, 0.2) is 6.61 Å². The number of ether oxygens (including phenoxy) is 1. The van der Waals surface area contributed by atoms with Crippen molar-refractivity contribution in [1.29, 1.82) is 0 Å². The van der Waals surface area contributed by atoms with Gasteiger partial charge in [-0.25, -0.2) is 0 Å². The second-order valence-electron chi connectivity index (χ2n) is 6.37. The SMILES string of the molecule is O=C(Nc1ccc2c(c1)OCC(=O)N2Cc1ccccc1)c1ccccc1Br. The van der Waals surface area contributed by atoms with Crippen LogP contribution in [0.5, 0.6) is 5.75 Å². The zero-order valence-electron chi connectivity index (χ0n) is 14.9. The van der Waals surface area contributed by atoms with Crippen LogP contribution in [0.15, 0.2) is 77.3 Å². The average molecular weight is 437 g/mol. The minimum Gasteiger partial charge on any atom is -0.481 e. The fourth-order valence-electron chi connectivity index (χ4n) is 3.07.